The molecular formula is C15H19N5O2S. The average molecular weight is 333 g/mol. The Kier molecular flexibility index (Phi) is 3.93. The molecule has 0 saturated carbocycles. The van der Waals surface area contributed by atoms with E-state index in [9.17, 15) is 4.79 Å². The molecule has 0 fully saturated rings. The van der Waals surface area contributed by atoms with Crippen LogP contribution in [-0.4, -0.2) is 32.2 Å². The lowest BCUT2D eigenvalue weighted by Gasteiger charge is -2.16. The molecule has 0 atom stereocenters. The lowest BCUT2D eigenvalue weighted by atomic mass is 9.88. The van der Waals surface area contributed by atoms with Crippen LogP contribution in [0.25, 0.3) is 4.96 Å². The number of amides is 1. The van der Waals surface area contributed by atoms with E-state index in [-0.39, 0.29) is 11.3 Å². The van der Waals surface area contributed by atoms with E-state index < -0.39 is 0 Å². The maximum Gasteiger partial charge on any atom is 0.256 e. The summed E-state index contributed by atoms with van der Waals surface area (Å²) in [5.41, 5.74) is 2.00. The molecule has 0 saturated heterocycles. The number of nitrogens with one attached hydrogen (secondary N) is 1. The van der Waals surface area contributed by atoms with E-state index in [0.29, 0.717) is 30.0 Å². The van der Waals surface area contributed by atoms with Gasteiger partial charge in [0.15, 0.2) is 0 Å². The fourth-order valence-electron chi connectivity index (χ4n) is 2.39. The predicted molar refractivity (Wildman–Crippen MR) is 86.8 cm³/mol. The molecule has 0 radical (unpaired) electrons. The number of rotatable bonds is 4. The topological polar surface area (TPSA) is 85.3 Å². The number of hydrogen-bond donors (Lipinski definition) is 1. The summed E-state index contributed by atoms with van der Waals surface area (Å²) in [7, 11) is 0. The van der Waals surface area contributed by atoms with Crippen molar-refractivity contribution in [2.24, 2.45) is 0 Å². The summed E-state index contributed by atoms with van der Waals surface area (Å²) in [5, 5.41) is 13.2. The molecule has 23 heavy (non-hydrogen) atoms. The third-order valence-corrected chi connectivity index (χ3v) is 4.43. The number of fused-ring (bicyclic) bond motifs is 1. The van der Waals surface area contributed by atoms with Gasteiger partial charge in [-0.2, -0.15) is 5.10 Å². The van der Waals surface area contributed by atoms with Crippen molar-refractivity contribution in [1.29, 1.82) is 0 Å². The van der Waals surface area contributed by atoms with Gasteiger partial charge in [-0.05, 0) is 6.92 Å². The first kappa shape index (κ1) is 15.7. The van der Waals surface area contributed by atoms with Crippen molar-refractivity contribution in [3.8, 4) is 0 Å². The van der Waals surface area contributed by atoms with E-state index in [4.69, 9.17) is 4.52 Å². The summed E-state index contributed by atoms with van der Waals surface area (Å²) in [6.07, 6.45) is 2.22. The number of aromatic nitrogens is 4. The van der Waals surface area contributed by atoms with Crippen LogP contribution in [0.1, 0.15) is 48.3 Å². The van der Waals surface area contributed by atoms with E-state index in [1.54, 1.807) is 11.4 Å². The first-order chi connectivity index (χ1) is 10.9. The monoisotopic (exact) mass is 333 g/mol. The van der Waals surface area contributed by atoms with Gasteiger partial charge >= 0.3 is 0 Å². The van der Waals surface area contributed by atoms with Gasteiger partial charge in [-0.15, -0.1) is 11.3 Å². The van der Waals surface area contributed by atoms with Gasteiger partial charge in [0.05, 0.1) is 5.69 Å². The zero-order valence-corrected chi connectivity index (χ0v) is 14.4. The van der Waals surface area contributed by atoms with Crippen molar-refractivity contribution in [3.05, 3.63) is 34.4 Å². The van der Waals surface area contributed by atoms with Crippen molar-refractivity contribution in [2.45, 2.75) is 39.5 Å². The number of hydrogen-bond acceptors (Lipinski definition) is 6. The highest BCUT2D eigenvalue weighted by Gasteiger charge is 2.28. The zero-order valence-electron chi connectivity index (χ0n) is 13.6. The van der Waals surface area contributed by atoms with Gasteiger partial charge in [-0.3, -0.25) is 4.79 Å². The Morgan fingerprint density at radius 3 is 2.96 bits per heavy atom. The van der Waals surface area contributed by atoms with Gasteiger partial charge in [0.25, 0.3) is 5.91 Å². The fourth-order valence-corrected chi connectivity index (χ4v) is 3.22. The predicted octanol–water partition coefficient (Wildman–Crippen LogP) is 2.36. The highest BCUT2D eigenvalue weighted by Crippen LogP contribution is 2.26. The van der Waals surface area contributed by atoms with Gasteiger partial charge in [0.2, 0.25) is 4.96 Å². The van der Waals surface area contributed by atoms with Gasteiger partial charge in [-0.25, -0.2) is 9.50 Å². The second-order valence-corrected chi connectivity index (χ2v) is 7.24. The molecule has 1 N–H and O–H groups in total. The molecule has 3 aromatic heterocycles. The second kappa shape index (κ2) is 5.77. The smallest absolute Gasteiger partial charge is 0.256 e. The van der Waals surface area contributed by atoms with Crippen LogP contribution in [0.15, 0.2) is 16.2 Å². The fraction of sp³-hybridized carbons (Fsp3) is 0.467. The molecule has 8 heteroatoms. The number of nitrogens with zero attached hydrogens (tertiary/aromatic N) is 4. The minimum Gasteiger partial charge on any atom is -0.361 e. The third-order valence-electron chi connectivity index (χ3n) is 3.56. The highest BCUT2D eigenvalue weighted by molar-refractivity contribution is 7.15. The summed E-state index contributed by atoms with van der Waals surface area (Å²) in [4.78, 5) is 17.5. The molecule has 0 aromatic carbocycles. The first-order valence-electron chi connectivity index (χ1n) is 7.39. The Morgan fingerprint density at radius 2 is 2.22 bits per heavy atom. The molecular weight excluding hydrogens is 314 g/mol. The first-order valence-corrected chi connectivity index (χ1v) is 8.27. The Hall–Kier alpha value is -2.22. The molecule has 0 aliphatic rings. The van der Waals surface area contributed by atoms with E-state index >= 15 is 0 Å². The zero-order chi connectivity index (χ0) is 16.6. The van der Waals surface area contributed by atoms with E-state index in [2.05, 4.69) is 20.6 Å². The summed E-state index contributed by atoms with van der Waals surface area (Å²) < 4.78 is 7.00. The van der Waals surface area contributed by atoms with Gasteiger partial charge in [-0.1, -0.05) is 25.9 Å². The molecule has 122 valence electrons. The standard InChI is InChI=1S/C15H19N5O2S/c1-9-11(12(19-22-9)15(2,3)4)13(21)16-6-5-10-7-23-14-17-8-18-20(10)14/h7-8H,5-6H2,1-4H3,(H,16,21). The number of carbonyl (C=O) groups excluding carboxylic acids is 1. The Bertz CT molecular complexity index is 840. The maximum atomic E-state index is 12.5. The van der Waals surface area contributed by atoms with Gasteiger partial charge < -0.3 is 9.84 Å². The lowest BCUT2D eigenvalue weighted by Crippen LogP contribution is -2.29. The molecule has 3 aromatic rings. The quantitative estimate of drug-likeness (QED) is 0.792. The van der Waals surface area contributed by atoms with Gasteiger partial charge in [0.1, 0.15) is 23.3 Å². The number of carbonyl (C=O) groups is 1. The maximum absolute atomic E-state index is 12.5. The summed E-state index contributed by atoms with van der Waals surface area (Å²) in [6.45, 7) is 8.29. The van der Waals surface area contributed by atoms with Crippen LogP contribution in [0.5, 0.6) is 0 Å². The van der Waals surface area contributed by atoms with Crippen molar-refractivity contribution >= 4 is 22.2 Å². The van der Waals surface area contributed by atoms with Crippen molar-refractivity contribution < 1.29 is 9.32 Å². The molecule has 0 unspecified atom stereocenters. The number of thiazole rings is 1. The van der Waals surface area contributed by atoms with Gasteiger partial charge in [0, 0.05) is 23.8 Å². The van der Waals surface area contributed by atoms with Crippen LogP contribution < -0.4 is 5.32 Å². The molecule has 1 amide bonds. The molecule has 0 aliphatic heterocycles. The molecule has 0 aliphatic carbocycles. The Morgan fingerprint density at radius 1 is 1.43 bits per heavy atom. The summed E-state index contributed by atoms with van der Waals surface area (Å²) >= 11 is 1.54. The molecule has 0 spiro atoms. The molecule has 7 nitrogen and oxygen atoms in total. The summed E-state index contributed by atoms with van der Waals surface area (Å²) in [5.74, 6) is 0.389. The minimum atomic E-state index is -0.245. The number of aryl methyl sites for hydroxylation is 1. The van der Waals surface area contributed by atoms with Crippen LogP contribution >= 0.6 is 11.3 Å². The van der Waals surface area contributed by atoms with E-state index in [1.165, 1.54) is 17.7 Å². The summed E-state index contributed by atoms with van der Waals surface area (Å²) in [6, 6.07) is 0. The molecule has 0 bridgehead atoms. The van der Waals surface area contributed by atoms with E-state index in [1.807, 2.05) is 26.2 Å². The molecule has 3 rings (SSSR count). The highest BCUT2D eigenvalue weighted by atomic mass is 32.1. The second-order valence-electron chi connectivity index (χ2n) is 6.40. The van der Waals surface area contributed by atoms with Crippen LogP contribution in [0, 0.1) is 6.92 Å². The van der Waals surface area contributed by atoms with Crippen LogP contribution in [-0.2, 0) is 11.8 Å². The Labute approximate surface area is 137 Å². The molecule has 3 heterocycles. The van der Waals surface area contributed by atoms with E-state index in [0.717, 1.165) is 10.7 Å². The van der Waals surface area contributed by atoms with Crippen molar-refractivity contribution in [3.63, 3.8) is 0 Å². The third kappa shape index (κ3) is 2.98. The largest absolute Gasteiger partial charge is 0.361 e. The SMILES string of the molecule is Cc1onc(C(C)(C)C)c1C(=O)NCCc1csc2ncnn12. The lowest BCUT2D eigenvalue weighted by molar-refractivity contribution is 0.0950. The normalized spacial score (nSPS) is 12.0. The van der Waals surface area contributed by atoms with Crippen molar-refractivity contribution in [1.82, 2.24) is 25.1 Å². The van der Waals surface area contributed by atoms with Crippen molar-refractivity contribution in [2.75, 3.05) is 6.54 Å². The van der Waals surface area contributed by atoms with Crippen LogP contribution in [0.3, 0.4) is 0 Å². The van der Waals surface area contributed by atoms with Crippen LogP contribution in [0.4, 0.5) is 0 Å². The Balaban J connectivity index is 1.69. The van der Waals surface area contributed by atoms with Crippen LogP contribution in [0.2, 0.25) is 0 Å². The minimum absolute atomic E-state index is 0.154. The average Bonchev–Trinajstić information content (AvgIpc) is 3.13.